The van der Waals surface area contributed by atoms with Crippen molar-refractivity contribution < 1.29 is 22.0 Å². The minimum atomic E-state index is -3.92. The van der Waals surface area contributed by atoms with Crippen LogP contribution >= 0.6 is 11.3 Å². The first kappa shape index (κ1) is 22.0. The van der Waals surface area contributed by atoms with Gasteiger partial charge in [0.2, 0.25) is 5.91 Å². The smallest absolute Gasteiger partial charge is 0.242 e. The van der Waals surface area contributed by atoms with Crippen LogP contribution in [0.2, 0.25) is 0 Å². The van der Waals surface area contributed by atoms with E-state index in [1.54, 1.807) is 5.38 Å². The predicted molar refractivity (Wildman–Crippen MR) is 114 cm³/mol. The normalized spacial score (nSPS) is 12.5. The van der Waals surface area contributed by atoms with Crippen LogP contribution in [-0.4, -0.2) is 24.6 Å². The third kappa shape index (κ3) is 5.09. The summed E-state index contributed by atoms with van der Waals surface area (Å²) in [4.78, 5) is 16.7. The fourth-order valence-corrected chi connectivity index (χ4v) is 4.84. The molecule has 0 spiro atoms. The van der Waals surface area contributed by atoms with Crippen LogP contribution in [0, 0.1) is 11.6 Å². The van der Waals surface area contributed by atoms with Crippen molar-refractivity contribution in [1.29, 1.82) is 0 Å². The van der Waals surface area contributed by atoms with Gasteiger partial charge in [0.15, 0.2) is 9.84 Å². The first-order valence-corrected chi connectivity index (χ1v) is 11.8. The number of aromatic nitrogens is 1. The molecule has 1 amide bonds. The highest BCUT2D eigenvalue weighted by Gasteiger charge is 2.29. The van der Waals surface area contributed by atoms with Crippen LogP contribution < -0.4 is 5.32 Å². The largest absolute Gasteiger partial charge is 0.322 e. The number of hydrogen-bond donors (Lipinski definition) is 1. The van der Waals surface area contributed by atoms with Crippen LogP contribution in [-0.2, 0) is 26.8 Å². The minimum absolute atomic E-state index is 0.325. The number of carbonyl (C=O) groups excluding carboxylic acids is 1. The van der Waals surface area contributed by atoms with E-state index in [0.29, 0.717) is 10.7 Å². The molecule has 9 heteroatoms. The predicted octanol–water partition coefficient (Wildman–Crippen LogP) is 4.59. The van der Waals surface area contributed by atoms with Gasteiger partial charge in [-0.1, -0.05) is 31.2 Å². The van der Waals surface area contributed by atoms with E-state index >= 15 is 0 Å². The average molecular weight is 451 g/mol. The van der Waals surface area contributed by atoms with Gasteiger partial charge < -0.3 is 5.32 Å². The van der Waals surface area contributed by atoms with Crippen molar-refractivity contribution >= 4 is 32.8 Å². The second-order valence-corrected chi connectivity index (χ2v) is 9.94. The summed E-state index contributed by atoms with van der Waals surface area (Å²) >= 11 is 1.32. The van der Waals surface area contributed by atoms with Crippen molar-refractivity contribution in [2.45, 2.75) is 31.3 Å². The second kappa shape index (κ2) is 9.01. The second-order valence-electron chi connectivity index (χ2n) is 6.76. The Labute approximate surface area is 177 Å². The first-order chi connectivity index (χ1) is 14.2. The molecule has 0 saturated carbocycles. The molecule has 3 aromatic rings. The van der Waals surface area contributed by atoms with Gasteiger partial charge in [-0.2, -0.15) is 0 Å². The molecule has 3 rings (SSSR count). The molecule has 158 valence electrons. The summed E-state index contributed by atoms with van der Waals surface area (Å²) in [6.45, 7) is 3.26. The number of nitrogens with one attached hydrogen (secondary N) is 1. The molecule has 0 aliphatic heterocycles. The van der Waals surface area contributed by atoms with Crippen molar-refractivity contribution in [3.63, 3.8) is 0 Å². The molecule has 0 aliphatic carbocycles. The van der Waals surface area contributed by atoms with Crippen molar-refractivity contribution in [2.75, 3.05) is 5.32 Å². The van der Waals surface area contributed by atoms with E-state index in [1.165, 1.54) is 23.8 Å². The van der Waals surface area contributed by atoms with Crippen LogP contribution in [0.4, 0.5) is 14.5 Å². The Hall–Kier alpha value is -2.65. The Morgan fingerprint density at radius 1 is 1.17 bits per heavy atom. The molecule has 1 aromatic heterocycles. The summed E-state index contributed by atoms with van der Waals surface area (Å²) < 4.78 is 52.3. The van der Waals surface area contributed by atoms with E-state index in [1.807, 2.05) is 24.3 Å². The number of halogens is 2. The monoisotopic (exact) mass is 450 g/mol. The van der Waals surface area contributed by atoms with Crippen molar-refractivity contribution in [2.24, 2.45) is 0 Å². The number of nitrogens with zero attached hydrogens (tertiary/aromatic N) is 1. The lowest BCUT2D eigenvalue weighted by Crippen LogP contribution is -2.33. The maximum absolute atomic E-state index is 13.7. The van der Waals surface area contributed by atoms with Gasteiger partial charge >= 0.3 is 0 Å². The zero-order valence-electron chi connectivity index (χ0n) is 16.4. The van der Waals surface area contributed by atoms with Gasteiger partial charge in [-0.15, -0.1) is 11.3 Å². The molecule has 0 fully saturated rings. The summed E-state index contributed by atoms with van der Waals surface area (Å²) in [6.07, 6.45) is 0.918. The maximum atomic E-state index is 13.7. The molecule has 1 unspecified atom stereocenters. The number of anilines is 1. The number of amides is 1. The zero-order chi connectivity index (χ0) is 21.9. The SMILES string of the molecule is CCc1ccc(-c2nc(CS(=O)(=O)C(C)C(=O)Nc3cc(F)ccc3F)cs2)cc1. The van der Waals surface area contributed by atoms with Gasteiger partial charge in [-0.3, -0.25) is 4.79 Å². The summed E-state index contributed by atoms with van der Waals surface area (Å²) in [6, 6.07) is 10.4. The molecular weight excluding hydrogens is 430 g/mol. The Bertz CT molecular complexity index is 1160. The highest BCUT2D eigenvalue weighted by Crippen LogP contribution is 2.26. The van der Waals surface area contributed by atoms with Crippen molar-refractivity contribution in [3.8, 4) is 10.6 Å². The lowest BCUT2D eigenvalue weighted by molar-refractivity contribution is -0.115. The topological polar surface area (TPSA) is 76.1 Å². The fourth-order valence-electron chi connectivity index (χ4n) is 2.71. The number of rotatable bonds is 7. The summed E-state index contributed by atoms with van der Waals surface area (Å²) in [5.41, 5.74) is 1.99. The minimum Gasteiger partial charge on any atom is -0.322 e. The van der Waals surface area contributed by atoms with E-state index in [9.17, 15) is 22.0 Å². The van der Waals surface area contributed by atoms with Gasteiger partial charge in [-0.05, 0) is 31.0 Å². The van der Waals surface area contributed by atoms with Gasteiger partial charge in [0.1, 0.15) is 21.9 Å². The lowest BCUT2D eigenvalue weighted by Gasteiger charge is -2.13. The molecule has 0 aliphatic rings. The van der Waals surface area contributed by atoms with Crippen LogP contribution in [0.1, 0.15) is 25.1 Å². The van der Waals surface area contributed by atoms with Crippen LogP contribution in [0.5, 0.6) is 0 Å². The summed E-state index contributed by atoms with van der Waals surface area (Å²) in [5, 5.41) is 2.99. The van der Waals surface area contributed by atoms with E-state index in [0.717, 1.165) is 30.2 Å². The molecular formula is C21H20F2N2O3S2. The van der Waals surface area contributed by atoms with Gasteiger partial charge in [0.25, 0.3) is 0 Å². The van der Waals surface area contributed by atoms with Gasteiger partial charge in [0, 0.05) is 17.0 Å². The van der Waals surface area contributed by atoms with Crippen molar-refractivity contribution in [3.05, 3.63) is 70.7 Å². The first-order valence-electron chi connectivity index (χ1n) is 9.21. The molecule has 1 N–H and O–H groups in total. The van der Waals surface area contributed by atoms with Crippen LogP contribution in [0.3, 0.4) is 0 Å². The fraction of sp³-hybridized carbons (Fsp3) is 0.238. The van der Waals surface area contributed by atoms with Gasteiger partial charge in [-0.25, -0.2) is 22.2 Å². The molecule has 0 radical (unpaired) electrons. The zero-order valence-corrected chi connectivity index (χ0v) is 18.0. The number of carbonyl (C=O) groups is 1. The molecule has 1 atom stereocenters. The third-order valence-corrected chi connectivity index (χ3v) is 7.53. The summed E-state index contributed by atoms with van der Waals surface area (Å²) in [5.74, 6) is -2.97. The standard InChI is InChI=1S/C21H20F2N2O3S2/c1-3-14-4-6-15(7-5-14)21-24-17(11-29-21)12-30(27,28)13(2)20(26)25-19-10-16(22)8-9-18(19)23/h4-11,13H,3,12H2,1-2H3,(H,25,26). The number of hydrogen-bond acceptors (Lipinski definition) is 5. The van der Waals surface area contributed by atoms with Gasteiger partial charge in [0.05, 0.1) is 17.1 Å². The quantitative estimate of drug-likeness (QED) is 0.571. The molecule has 2 aromatic carbocycles. The average Bonchev–Trinajstić information content (AvgIpc) is 3.17. The Balaban J connectivity index is 1.71. The Morgan fingerprint density at radius 3 is 2.53 bits per heavy atom. The highest BCUT2D eigenvalue weighted by molar-refractivity contribution is 7.92. The maximum Gasteiger partial charge on any atom is 0.242 e. The van der Waals surface area contributed by atoms with E-state index in [4.69, 9.17) is 0 Å². The van der Waals surface area contributed by atoms with Crippen LogP contribution in [0.25, 0.3) is 10.6 Å². The van der Waals surface area contributed by atoms with Crippen LogP contribution in [0.15, 0.2) is 47.8 Å². The molecule has 5 nitrogen and oxygen atoms in total. The number of sulfone groups is 1. The number of aryl methyl sites for hydroxylation is 1. The lowest BCUT2D eigenvalue weighted by atomic mass is 10.1. The molecule has 1 heterocycles. The van der Waals surface area contributed by atoms with E-state index in [-0.39, 0.29) is 0 Å². The molecule has 30 heavy (non-hydrogen) atoms. The summed E-state index contributed by atoms with van der Waals surface area (Å²) in [7, 11) is -3.92. The molecule has 0 saturated heterocycles. The third-order valence-electron chi connectivity index (χ3n) is 4.60. The highest BCUT2D eigenvalue weighted by atomic mass is 32.2. The molecule has 0 bridgehead atoms. The van der Waals surface area contributed by atoms with Crippen molar-refractivity contribution in [1.82, 2.24) is 4.98 Å². The van der Waals surface area contributed by atoms with E-state index in [2.05, 4.69) is 17.2 Å². The van der Waals surface area contributed by atoms with E-state index < -0.39 is 44.1 Å². The Morgan fingerprint density at radius 2 is 1.87 bits per heavy atom. The Kier molecular flexibility index (Phi) is 6.62. The number of benzene rings is 2. The number of thiazole rings is 1.